The van der Waals surface area contributed by atoms with Crippen LogP contribution in [0.3, 0.4) is 0 Å². The van der Waals surface area contributed by atoms with Gasteiger partial charge in [0.2, 0.25) is 6.79 Å². The number of hydrogen-bond acceptors (Lipinski definition) is 5. The number of ether oxygens (including phenoxy) is 3. The fourth-order valence-corrected chi connectivity index (χ4v) is 2.89. The highest BCUT2D eigenvalue weighted by molar-refractivity contribution is 6.40. The number of imide groups is 1. The van der Waals surface area contributed by atoms with Crippen molar-refractivity contribution in [2.75, 3.05) is 18.3 Å². The summed E-state index contributed by atoms with van der Waals surface area (Å²) in [5, 5.41) is 0. The number of benzene rings is 2. The first-order valence-electron chi connectivity index (χ1n) is 7.90. The number of amides is 2. The van der Waals surface area contributed by atoms with Crippen molar-refractivity contribution in [1.29, 1.82) is 0 Å². The second-order valence-corrected chi connectivity index (χ2v) is 5.52. The molecule has 2 amide bonds. The topological polar surface area (TPSA) is 65.1 Å². The van der Waals surface area contributed by atoms with Crippen molar-refractivity contribution in [3.63, 3.8) is 0 Å². The van der Waals surface area contributed by atoms with Crippen LogP contribution in [-0.4, -0.2) is 25.2 Å². The first kappa shape index (κ1) is 15.3. The number of rotatable bonds is 3. The Morgan fingerprint density at radius 3 is 2.60 bits per heavy atom. The summed E-state index contributed by atoms with van der Waals surface area (Å²) in [5.74, 6) is 0.280. The summed E-state index contributed by atoms with van der Waals surface area (Å²) in [6.07, 6.45) is 1.41. The summed E-state index contributed by atoms with van der Waals surface area (Å²) >= 11 is 0. The van der Waals surface area contributed by atoms with Crippen molar-refractivity contribution in [2.24, 2.45) is 0 Å². The Morgan fingerprint density at radius 1 is 1.04 bits per heavy atom. The molecule has 0 unspecified atom stereocenters. The van der Waals surface area contributed by atoms with Gasteiger partial charge in [0.05, 0.1) is 24.1 Å². The largest absolute Gasteiger partial charge is 0.501 e. The van der Waals surface area contributed by atoms with Gasteiger partial charge in [-0.1, -0.05) is 18.2 Å². The van der Waals surface area contributed by atoms with E-state index in [4.69, 9.17) is 14.2 Å². The highest BCUT2D eigenvalue weighted by atomic mass is 16.7. The number of hydrogen-bond donors (Lipinski definition) is 0. The number of nitrogens with zero attached hydrogens (tertiary/aromatic N) is 1. The summed E-state index contributed by atoms with van der Waals surface area (Å²) in [4.78, 5) is 27.0. The molecule has 0 saturated heterocycles. The predicted octanol–water partition coefficient (Wildman–Crippen LogP) is 2.98. The molecule has 6 heteroatoms. The average Bonchev–Trinajstić information content (AvgIpc) is 3.10. The van der Waals surface area contributed by atoms with Gasteiger partial charge in [-0.15, -0.1) is 0 Å². The standard InChI is InChI=1S/C19H15NO5/c1-2-23-10-15-13-5-3-4-6-14(13)18(21)20(19(15)22)12-7-8-16-17(9-12)25-11-24-16/h3-10H,2,11H2,1H3/b15-10-. The second-order valence-electron chi connectivity index (χ2n) is 5.52. The van der Waals surface area contributed by atoms with Gasteiger partial charge >= 0.3 is 0 Å². The molecule has 25 heavy (non-hydrogen) atoms. The van der Waals surface area contributed by atoms with Crippen molar-refractivity contribution in [1.82, 2.24) is 0 Å². The van der Waals surface area contributed by atoms with Gasteiger partial charge in [0.1, 0.15) is 0 Å². The van der Waals surface area contributed by atoms with Crippen LogP contribution >= 0.6 is 0 Å². The molecular formula is C19H15NO5. The van der Waals surface area contributed by atoms with Crippen molar-refractivity contribution in [2.45, 2.75) is 6.92 Å². The Balaban J connectivity index is 1.83. The minimum Gasteiger partial charge on any atom is -0.501 e. The SMILES string of the molecule is CCO/C=C1\C(=O)N(c2ccc3c(c2)OCO3)C(=O)c2ccccc21. The zero-order valence-electron chi connectivity index (χ0n) is 13.5. The van der Waals surface area contributed by atoms with Crippen LogP contribution in [-0.2, 0) is 9.53 Å². The molecule has 126 valence electrons. The zero-order valence-corrected chi connectivity index (χ0v) is 13.5. The lowest BCUT2D eigenvalue weighted by Gasteiger charge is -2.28. The Bertz CT molecular complexity index is 902. The van der Waals surface area contributed by atoms with Crippen LogP contribution in [0.5, 0.6) is 11.5 Å². The van der Waals surface area contributed by atoms with Crippen molar-refractivity contribution in [3.8, 4) is 11.5 Å². The molecule has 0 saturated carbocycles. The molecule has 0 radical (unpaired) electrons. The van der Waals surface area contributed by atoms with Crippen molar-refractivity contribution < 1.29 is 23.8 Å². The fraction of sp³-hybridized carbons (Fsp3) is 0.158. The summed E-state index contributed by atoms with van der Waals surface area (Å²) in [6, 6.07) is 12.0. The third-order valence-corrected chi connectivity index (χ3v) is 4.07. The van der Waals surface area contributed by atoms with Crippen LogP contribution in [0.15, 0.2) is 48.7 Å². The summed E-state index contributed by atoms with van der Waals surface area (Å²) in [6.45, 7) is 2.38. The van der Waals surface area contributed by atoms with Gasteiger partial charge in [0.15, 0.2) is 11.5 Å². The molecule has 0 fully saturated rings. The van der Waals surface area contributed by atoms with E-state index in [-0.39, 0.29) is 12.7 Å². The molecule has 2 aromatic rings. The van der Waals surface area contributed by atoms with Crippen LogP contribution in [0.2, 0.25) is 0 Å². The monoisotopic (exact) mass is 337 g/mol. The molecule has 0 atom stereocenters. The molecule has 6 nitrogen and oxygen atoms in total. The third-order valence-electron chi connectivity index (χ3n) is 4.07. The summed E-state index contributed by atoms with van der Waals surface area (Å²) < 4.78 is 16.0. The Labute approximate surface area is 144 Å². The first-order valence-corrected chi connectivity index (χ1v) is 7.90. The van der Waals surface area contributed by atoms with E-state index in [9.17, 15) is 9.59 Å². The van der Waals surface area contributed by atoms with Crippen LogP contribution in [0.1, 0.15) is 22.8 Å². The van der Waals surface area contributed by atoms with Crippen molar-refractivity contribution >= 4 is 23.1 Å². The molecule has 0 spiro atoms. The molecule has 0 aliphatic carbocycles. The summed E-state index contributed by atoms with van der Waals surface area (Å²) in [7, 11) is 0. The highest BCUT2D eigenvalue weighted by Crippen LogP contribution is 2.38. The maximum absolute atomic E-state index is 13.0. The maximum Gasteiger partial charge on any atom is 0.269 e. The van der Waals surface area contributed by atoms with Gasteiger partial charge in [0, 0.05) is 17.2 Å². The lowest BCUT2D eigenvalue weighted by atomic mass is 9.94. The second kappa shape index (κ2) is 5.98. The van der Waals surface area contributed by atoms with Crippen LogP contribution in [0.4, 0.5) is 5.69 Å². The predicted molar refractivity (Wildman–Crippen MR) is 90.4 cm³/mol. The molecule has 2 aliphatic heterocycles. The Kier molecular flexibility index (Phi) is 3.65. The van der Waals surface area contributed by atoms with E-state index < -0.39 is 5.91 Å². The lowest BCUT2D eigenvalue weighted by molar-refractivity contribution is -0.113. The Morgan fingerprint density at radius 2 is 1.80 bits per heavy atom. The van der Waals surface area contributed by atoms with Crippen LogP contribution in [0.25, 0.3) is 5.57 Å². The highest BCUT2D eigenvalue weighted by Gasteiger charge is 2.36. The first-order chi connectivity index (χ1) is 12.2. The summed E-state index contributed by atoms with van der Waals surface area (Å²) in [5.41, 5.74) is 1.79. The molecule has 0 N–H and O–H groups in total. The molecular weight excluding hydrogens is 322 g/mol. The van der Waals surface area contributed by atoms with E-state index in [1.807, 2.05) is 6.92 Å². The van der Waals surface area contributed by atoms with E-state index in [0.29, 0.717) is 40.5 Å². The smallest absolute Gasteiger partial charge is 0.269 e. The van der Waals surface area contributed by atoms with Crippen LogP contribution in [0, 0.1) is 0 Å². The molecule has 0 bridgehead atoms. The van der Waals surface area contributed by atoms with Gasteiger partial charge in [-0.05, 0) is 25.1 Å². The number of carbonyl (C=O) groups excluding carboxylic acids is 2. The maximum atomic E-state index is 13.0. The minimum absolute atomic E-state index is 0.124. The van der Waals surface area contributed by atoms with Gasteiger partial charge in [-0.3, -0.25) is 9.59 Å². The molecule has 2 aromatic carbocycles. The van der Waals surface area contributed by atoms with Gasteiger partial charge in [-0.25, -0.2) is 4.90 Å². The van der Waals surface area contributed by atoms with Gasteiger partial charge in [-0.2, -0.15) is 0 Å². The third kappa shape index (κ3) is 2.42. The van der Waals surface area contributed by atoms with E-state index in [1.54, 1.807) is 42.5 Å². The lowest BCUT2D eigenvalue weighted by Crippen LogP contribution is -2.41. The van der Waals surface area contributed by atoms with E-state index >= 15 is 0 Å². The zero-order chi connectivity index (χ0) is 17.4. The fourth-order valence-electron chi connectivity index (χ4n) is 2.89. The van der Waals surface area contributed by atoms with E-state index in [2.05, 4.69) is 0 Å². The van der Waals surface area contributed by atoms with E-state index in [1.165, 1.54) is 6.26 Å². The molecule has 0 aromatic heterocycles. The molecule has 4 rings (SSSR count). The molecule has 2 aliphatic rings. The molecule has 2 heterocycles. The van der Waals surface area contributed by atoms with Gasteiger partial charge in [0.25, 0.3) is 11.8 Å². The van der Waals surface area contributed by atoms with Crippen LogP contribution < -0.4 is 14.4 Å². The number of carbonyl (C=O) groups is 2. The quantitative estimate of drug-likeness (QED) is 0.489. The average molecular weight is 337 g/mol. The Hall–Kier alpha value is -3.28. The number of fused-ring (bicyclic) bond motifs is 2. The normalized spacial score (nSPS) is 17.0. The number of anilines is 1. The van der Waals surface area contributed by atoms with Gasteiger partial charge < -0.3 is 14.2 Å². The van der Waals surface area contributed by atoms with Crippen molar-refractivity contribution in [3.05, 3.63) is 59.9 Å². The van der Waals surface area contributed by atoms with E-state index in [0.717, 1.165) is 4.90 Å². The minimum atomic E-state index is -0.434.